The number of likely N-dealkylation sites (N-methyl/N-ethyl adjacent to an activating group) is 1. The van der Waals surface area contributed by atoms with Crippen LogP contribution in [0.5, 0.6) is 0 Å². The molecule has 22 heavy (non-hydrogen) atoms. The zero-order valence-corrected chi connectivity index (χ0v) is 16.5. The molecule has 0 amide bonds. The van der Waals surface area contributed by atoms with E-state index in [0.29, 0.717) is 5.57 Å². The lowest BCUT2D eigenvalue weighted by atomic mass is 9.95. The Labute approximate surface area is 138 Å². The van der Waals surface area contributed by atoms with Crippen molar-refractivity contribution in [2.75, 3.05) is 7.05 Å². The van der Waals surface area contributed by atoms with Crippen molar-refractivity contribution in [3.63, 3.8) is 0 Å². The summed E-state index contributed by atoms with van der Waals surface area (Å²) in [6.07, 6.45) is 4.51. The van der Waals surface area contributed by atoms with Crippen molar-refractivity contribution >= 4 is 0 Å². The van der Waals surface area contributed by atoms with E-state index in [-0.39, 0.29) is 18.0 Å². The van der Waals surface area contributed by atoms with Gasteiger partial charge in [0.25, 0.3) is 5.92 Å². The number of halogens is 2. The SMILES string of the molecule is C=C/C(=C(\C=C/C)C(C)NC)C(F)(F)CC.CC.CC.CC. The van der Waals surface area contributed by atoms with Gasteiger partial charge in [-0.05, 0) is 26.5 Å². The van der Waals surface area contributed by atoms with Crippen molar-refractivity contribution in [2.45, 2.75) is 80.7 Å². The molecule has 1 unspecified atom stereocenters. The normalized spacial score (nSPS) is 12.5. The fourth-order valence-electron chi connectivity index (χ4n) is 1.47. The van der Waals surface area contributed by atoms with Crippen LogP contribution in [0.15, 0.2) is 36.0 Å². The largest absolute Gasteiger partial charge is 0.313 e. The number of hydrogen-bond acceptors (Lipinski definition) is 1. The maximum atomic E-state index is 13.7. The van der Waals surface area contributed by atoms with Crippen LogP contribution in [0, 0.1) is 0 Å². The molecule has 0 saturated carbocycles. The van der Waals surface area contributed by atoms with E-state index in [1.165, 1.54) is 13.0 Å². The fourth-order valence-corrected chi connectivity index (χ4v) is 1.47. The molecule has 1 atom stereocenters. The molecule has 0 heterocycles. The standard InChI is InChI=1S/C13H21F2N.3C2H6/c1-6-9-11(10(4)16-5)12(7-2)13(14,15)8-3;3*1-2/h6-7,9-10,16H,2,8H2,1,3-5H3;3*1-2H3/b9-6-,12-11-;;;. The van der Waals surface area contributed by atoms with Crippen LogP contribution in [0.1, 0.15) is 68.7 Å². The first-order valence-corrected chi connectivity index (χ1v) is 8.49. The highest BCUT2D eigenvalue weighted by Crippen LogP contribution is 2.32. The van der Waals surface area contributed by atoms with Crippen LogP contribution in [0.3, 0.4) is 0 Å². The molecule has 134 valence electrons. The third-order valence-corrected chi connectivity index (χ3v) is 2.60. The van der Waals surface area contributed by atoms with Crippen LogP contribution in [-0.4, -0.2) is 19.0 Å². The Morgan fingerprint density at radius 1 is 1.14 bits per heavy atom. The molecule has 1 nitrogen and oxygen atoms in total. The quantitative estimate of drug-likeness (QED) is 0.532. The zero-order valence-electron chi connectivity index (χ0n) is 16.5. The Morgan fingerprint density at radius 2 is 1.55 bits per heavy atom. The first-order chi connectivity index (χ1) is 10.4. The van der Waals surface area contributed by atoms with Gasteiger partial charge in [-0.25, -0.2) is 8.78 Å². The molecule has 3 heteroatoms. The second-order valence-corrected chi connectivity index (χ2v) is 3.64. The summed E-state index contributed by atoms with van der Waals surface area (Å²) in [5.74, 6) is -2.82. The lowest BCUT2D eigenvalue weighted by Crippen LogP contribution is -2.28. The molecule has 0 spiro atoms. The molecule has 0 aliphatic rings. The van der Waals surface area contributed by atoms with Crippen molar-refractivity contribution in [3.8, 4) is 0 Å². The van der Waals surface area contributed by atoms with Crippen molar-refractivity contribution < 1.29 is 8.78 Å². The van der Waals surface area contributed by atoms with Gasteiger partial charge < -0.3 is 5.32 Å². The Morgan fingerprint density at radius 3 is 1.77 bits per heavy atom. The second-order valence-electron chi connectivity index (χ2n) is 3.64. The van der Waals surface area contributed by atoms with E-state index in [1.807, 2.05) is 55.4 Å². The van der Waals surface area contributed by atoms with Gasteiger partial charge in [-0.2, -0.15) is 0 Å². The minimum absolute atomic E-state index is 0.00921. The highest BCUT2D eigenvalue weighted by atomic mass is 19.3. The molecule has 0 fully saturated rings. The van der Waals surface area contributed by atoms with E-state index >= 15 is 0 Å². The summed E-state index contributed by atoms with van der Waals surface area (Å²) in [6.45, 7) is 20.6. The fraction of sp³-hybridized carbons (Fsp3) is 0.684. The summed E-state index contributed by atoms with van der Waals surface area (Å²) >= 11 is 0. The van der Waals surface area contributed by atoms with E-state index in [2.05, 4.69) is 11.9 Å². The van der Waals surface area contributed by atoms with Crippen LogP contribution in [-0.2, 0) is 0 Å². The van der Waals surface area contributed by atoms with Crippen molar-refractivity contribution in [1.82, 2.24) is 5.32 Å². The minimum Gasteiger partial charge on any atom is -0.313 e. The minimum atomic E-state index is -2.82. The van der Waals surface area contributed by atoms with Gasteiger partial charge in [0.05, 0.1) is 0 Å². The van der Waals surface area contributed by atoms with Gasteiger partial charge in [-0.3, -0.25) is 0 Å². The van der Waals surface area contributed by atoms with Crippen LogP contribution in [0.4, 0.5) is 8.78 Å². The van der Waals surface area contributed by atoms with E-state index in [4.69, 9.17) is 0 Å². The predicted octanol–water partition coefficient (Wildman–Crippen LogP) is 6.78. The molecular formula is C19H39F2N. The average Bonchev–Trinajstić information content (AvgIpc) is 2.59. The third kappa shape index (κ3) is 11.7. The van der Waals surface area contributed by atoms with Gasteiger partial charge >= 0.3 is 0 Å². The van der Waals surface area contributed by atoms with Gasteiger partial charge in [0.15, 0.2) is 0 Å². The predicted molar refractivity (Wildman–Crippen MR) is 99.8 cm³/mol. The molecule has 1 N–H and O–H groups in total. The van der Waals surface area contributed by atoms with E-state index in [9.17, 15) is 8.78 Å². The summed E-state index contributed by atoms with van der Waals surface area (Å²) < 4.78 is 27.4. The number of allylic oxidation sites excluding steroid dienone is 3. The summed E-state index contributed by atoms with van der Waals surface area (Å²) in [5, 5.41) is 2.97. The molecule has 0 aliphatic carbocycles. The maximum Gasteiger partial charge on any atom is 0.273 e. The molecule has 0 bridgehead atoms. The van der Waals surface area contributed by atoms with Crippen molar-refractivity contribution in [1.29, 1.82) is 0 Å². The smallest absolute Gasteiger partial charge is 0.273 e. The van der Waals surface area contributed by atoms with Crippen LogP contribution >= 0.6 is 0 Å². The zero-order chi connectivity index (χ0) is 18.8. The van der Waals surface area contributed by atoms with Gasteiger partial charge in [-0.1, -0.05) is 73.3 Å². The molecule has 0 aliphatic heterocycles. The molecule has 0 aromatic rings. The molecular weight excluding hydrogens is 280 g/mol. The summed E-state index contributed by atoms with van der Waals surface area (Å²) in [6, 6.07) is -0.123. The highest BCUT2D eigenvalue weighted by molar-refractivity contribution is 5.39. The maximum absolute atomic E-state index is 13.7. The topological polar surface area (TPSA) is 12.0 Å². The van der Waals surface area contributed by atoms with Gasteiger partial charge in [0, 0.05) is 18.0 Å². The second kappa shape index (κ2) is 20.0. The molecule has 0 radical (unpaired) electrons. The van der Waals surface area contributed by atoms with Crippen LogP contribution < -0.4 is 5.32 Å². The van der Waals surface area contributed by atoms with E-state index < -0.39 is 5.92 Å². The van der Waals surface area contributed by atoms with Crippen molar-refractivity contribution in [2.24, 2.45) is 0 Å². The number of rotatable bonds is 6. The summed E-state index contributed by atoms with van der Waals surface area (Å²) in [4.78, 5) is 0. The number of nitrogens with one attached hydrogen (secondary N) is 1. The summed E-state index contributed by atoms with van der Waals surface area (Å²) in [7, 11) is 1.75. The Bertz CT molecular complexity index is 292. The van der Waals surface area contributed by atoms with Crippen LogP contribution in [0.25, 0.3) is 0 Å². The van der Waals surface area contributed by atoms with Crippen LogP contribution in [0.2, 0.25) is 0 Å². The molecule has 0 aromatic heterocycles. The van der Waals surface area contributed by atoms with Crippen molar-refractivity contribution in [3.05, 3.63) is 36.0 Å². The van der Waals surface area contributed by atoms with Gasteiger partial charge in [0.2, 0.25) is 0 Å². The van der Waals surface area contributed by atoms with Gasteiger partial charge in [0.1, 0.15) is 0 Å². The average molecular weight is 320 g/mol. The molecule has 0 aromatic carbocycles. The Balaban J connectivity index is -0.000000238. The molecule has 0 saturated heterocycles. The lowest BCUT2D eigenvalue weighted by molar-refractivity contribution is 0.0403. The lowest BCUT2D eigenvalue weighted by Gasteiger charge is -2.22. The van der Waals surface area contributed by atoms with E-state index in [1.54, 1.807) is 19.2 Å². The number of alkyl halides is 2. The third-order valence-electron chi connectivity index (χ3n) is 2.60. The van der Waals surface area contributed by atoms with Gasteiger partial charge in [-0.15, -0.1) is 0 Å². The first-order valence-electron chi connectivity index (χ1n) is 8.49. The number of hydrogen-bond donors (Lipinski definition) is 1. The summed E-state index contributed by atoms with van der Waals surface area (Å²) in [5.41, 5.74) is 0.599. The highest BCUT2D eigenvalue weighted by Gasteiger charge is 2.32. The Hall–Kier alpha value is -0.960. The monoisotopic (exact) mass is 319 g/mol. The Kier molecular flexibility index (Phi) is 26.5. The van der Waals surface area contributed by atoms with E-state index in [0.717, 1.165) is 0 Å². The first kappa shape index (κ1) is 29.1. The molecule has 0 rings (SSSR count).